The van der Waals surface area contributed by atoms with Crippen molar-refractivity contribution in [3.8, 4) is 0 Å². The SMILES string of the molecule is Cn1cnc(S(=O)(=O)N2CCCC2c2cccc(Cc3ccc(F)cc3)n2)c1. The second-order valence-electron chi connectivity index (χ2n) is 7.01. The van der Waals surface area contributed by atoms with E-state index in [-0.39, 0.29) is 16.9 Å². The van der Waals surface area contributed by atoms with E-state index in [1.54, 1.807) is 23.7 Å². The van der Waals surface area contributed by atoms with Crippen molar-refractivity contribution in [3.63, 3.8) is 0 Å². The number of nitrogens with zero attached hydrogens (tertiary/aromatic N) is 4. The van der Waals surface area contributed by atoms with Crippen LogP contribution in [0.15, 0.2) is 60.0 Å². The van der Waals surface area contributed by atoms with Gasteiger partial charge in [-0.05, 0) is 42.7 Å². The minimum Gasteiger partial charge on any atom is -0.339 e. The average Bonchev–Trinajstić information content (AvgIpc) is 3.34. The van der Waals surface area contributed by atoms with Crippen LogP contribution in [0.25, 0.3) is 0 Å². The number of aryl methyl sites for hydroxylation is 1. The van der Waals surface area contributed by atoms with E-state index in [0.29, 0.717) is 13.0 Å². The summed E-state index contributed by atoms with van der Waals surface area (Å²) in [6, 6.07) is 11.7. The van der Waals surface area contributed by atoms with Gasteiger partial charge in [0.15, 0.2) is 5.03 Å². The van der Waals surface area contributed by atoms with Gasteiger partial charge in [-0.25, -0.2) is 17.8 Å². The number of pyridine rings is 1. The van der Waals surface area contributed by atoms with Crippen LogP contribution in [0, 0.1) is 5.82 Å². The van der Waals surface area contributed by atoms with Crippen LogP contribution in [0.5, 0.6) is 0 Å². The van der Waals surface area contributed by atoms with Crippen molar-refractivity contribution >= 4 is 10.0 Å². The summed E-state index contributed by atoms with van der Waals surface area (Å²) in [6.07, 6.45) is 5.07. The highest BCUT2D eigenvalue weighted by Gasteiger charge is 2.38. The highest BCUT2D eigenvalue weighted by molar-refractivity contribution is 7.89. The number of rotatable bonds is 5. The standard InChI is InChI=1S/C20H21FN4O2S/c1-24-13-20(22-14-24)28(26,27)25-11-3-6-19(25)18-5-2-4-17(23-18)12-15-7-9-16(21)10-8-15/h2,4-5,7-10,13-14,19H,3,6,11-12H2,1H3. The van der Waals surface area contributed by atoms with Crippen LogP contribution in [0.1, 0.15) is 35.8 Å². The summed E-state index contributed by atoms with van der Waals surface area (Å²) in [5, 5.41) is 0.0596. The smallest absolute Gasteiger partial charge is 0.262 e. The van der Waals surface area contributed by atoms with E-state index >= 15 is 0 Å². The molecule has 146 valence electrons. The van der Waals surface area contributed by atoms with Crippen LogP contribution >= 0.6 is 0 Å². The van der Waals surface area contributed by atoms with E-state index in [1.807, 2.05) is 18.2 Å². The maximum atomic E-state index is 13.1. The molecule has 8 heteroatoms. The van der Waals surface area contributed by atoms with Crippen molar-refractivity contribution in [1.82, 2.24) is 18.8 Å². The highest BCUT2D eigenvalue weighted by Crippen LogP contribution is 2.35. The van der Waals surface area contributed by atoms with Crippen molar-refractivity contribution in [2.45, 2.75) is 30.3 Å². The van der Waals surface area contributed by atoms with E-state index in [0.717, 1.165) is 29.8 Å². The van der Waals surface area contributed by atoms with Crippen molar-refractivity contribution < 1.29 is 12.8 Å². The van der Waals surface area contributed by atoms with E-state index < -0.39 is 10.0 Å². The lowest BCUT2D eigenvalue weighted by Gasteiger charge is -2.23. The predicted octanol–water partition coefficient (Wildman–Crippen LogP) is 3.07. The van der Waals surface area contributed by atoms with Crippen LogP contribution in [0.4, 0.5) is 4.39 Å². The summed E-state index contributed by atoms with van der Waals surface area (Å²) in [6.45, 7) is 0.452. The quantitative estimate of drug-likeness (QED) is 0.660. The number of hydrogen-bond acceptors (Lipinski definition) is 4. The van der Waals surface area contributed by atoms with Crippen LogP contribution in [-0.2, 0) is 23.5 Å². The largest absolute Gasteiger partial charge is 0.339 e. The molecule has 1 aromatic carbocycles. The van der Waals surface area contributed by atoms with Gasteiger partial charge in [0.05, 0.1) is 18.1 Å². The van der Waals surface area contributed by atoms with Crippen LogP contribution in [0.2, 0.25) is 0 Å². The Morgan fingerprint density at radius 1 is 1.18 bits per heavy atom. The van der Waals surface area contributed by atoms with Crippen molar-refractivity contribution in [2.75, 3.05) is 6.54 Å². The first-order valence-corrected chi connectivity index (χ1v) is 10.6. The molecule has 0 aliphatic carbocycles. The maximum Gasteiger partial charge on any atom is 0.262 e. The number of sulfonamides is 1. The molecule has 1 aliphatic rings. The van der Waals surface area contributed by atoms with Gasteiger partial charge in [0, 0.05) is 31.9 Å². The Balaban J connectivity index is 1.60. The first-order chi connectivity index (χ1) is 13.4. The molecule has 2 aromatic heterocycles. The van der Waals surface area contributed by atoms with Gasteiger partial charge in [-0.3, -0.25) is 4.98 Å². The molecule has 0 radical (unpaired) electrons. The number of imidazole rings is 1. The van der Waals surface area contributed by atoms with Gasteiger partial charge in [0.25, 0.3) is 10.0 Å². The molecule has 3 heterocycles. The van der Waals surface area contributed by atoms with Gasteiger partial charge in [-0.1, -0.05) is 18.2 Å². The zero-order chi connectivity index (χ0) is 19.7. The molecule has 0 N–H and O–H groups in total. The Hall–Kier alpha value is -2.58. The summed E-state index contributed by atoms with van der Waals surface area (Å²) < 4.78 is 42.3. The molecule has 6 nitrogen and oxygen atoms in total. The average molecular weight is 400 g/mol. The van der Waals surface area contributed by atoms with Gasteiger partial charge < -0.3 is 4.57 Å². The maximum absolute atomic E-state index is 13.1. The van der Waals surface area contributed by atoms with Gasteiger partial charge >= 0.3 is 0 Å². The Morgan fingerprint density at radius 3 is 2.68 bits per heavy atom. The minimum atomic E-state index is -3.67. The molecule has 1 saturated heterocycles. The second-order valence-corrected chi connectivity index (χ2v) is 8.85. The number of benzene rings is 1. The fourth-order valence-corrected chi connectivity index (χ4v) is 5.20. The Kier molecular flexibility index (Phi) is 4.99. The molecule has 0 amide bonds. The molecule has 0 saturated carbocycles. The normalized spacial score (nSPS) is 17.9. The molecule has 1 aliphatic heterocycles. The van der Waals surface area contributed by atoms with Gasteiger partial charge in [0.1, 0.15) is 5.82 Å². The number of hydrogen-bond donors (Lipinski definition) is 0. The molecule has 3 aromatic rings. The topological polar surface area (TPSA) is 68.1 Å². The fraction of sp³-hybridized carbons (Fsp3) is 0.300. The first kappa shape index (κ1) is 18.8. The van der Waals surface area contributed by atoms with E-state index in [4.69, 9.17) is 4.98 Å². The number of halogens is 1. The third-order valence-corrected chi connectivity index (χ3v) is 6.72. The molecular weight excluding hydrogens is 379 g/mol. The lowest BCUT2D eigenvalue weighted by Crippen LogP contribution is -2.31. The van der Waals surface area contributed by atoms with Crippen molar-refractivity contribution in [2.24, 2.45) is 7.05 Å². The Labute approximate surface area is 163 Å². The molecule has 0 bridgehead atoms. The molecule has 4 rings (SSSR count). The van der Waals surface area contributed by atoms with E-state index in [2.05, 4.69) is 4.98 Å². The van der Waals surface area contributed by atoms with Crippen LogP contribution in [-0.4, -0.2) is 33.8 Å². The molecule has 1 fully saturated rings. The zero-order valence-electron chi connectivity index (χ0n) is 15.5. The molecule has 28 heavy (non-hydrogen) atoms. The lowest BCUT2D eigenvalue weighted by atomic mass is 10.1. The number of aromatic nitrogens is 3. The molecule has 1 unspecified atom stereocenters. The summed E-state index contributed by atoms with van der Waals surface area (Å²) in [7, 11) is -1.93. The van der Waals surface area contributed by atoms with Gasteiger partial charge in [0.2, 0.25) is 0 Å². The fourth-order valence-electron chi connectivity index (χ4n) is 3.56. The Morgan fingerprint density at radius 2 is 1.96 bits per heavy atom. The zero-order valence-corrected chi connectivity index (χ0v) is 16.3. The van der Waals surface area contributed by atoms with E-state index in [9.17, 15) is 12.8 Å². The molecular formula is C20H21FN4O2S. The van der Waals surface area contributed by atoms with Crippen LogP contribution in [0.3, 0.4) is 0 Å². The Bertz CT molecular complexity index is 1080. The summed E-state index contributed by atoms with van der Waals surface area (Å²) >= 11 is 0. The third kappa shape index (κ3) is 3.70. The lowest BCUT2D eigenvalue weighted by molar-refractivity contribution is 0.388. The summed E-state index contributed by atoms with van der Waals surface area (Å²) in [4.78, 5) is 8.73. The predicted molar refractivity (Wildman–Crippen MR) is 103 cm³/mol. The minimum absolute atomic E-state index is 0.0596. The van der Waals surface area contributed by atoms with Gasteiger partial charge in [-0.2, -0.15) is 4.31 Å². The summed E-state index contributed by atoms with van der Waals surface area (Å²) in [5.41, 5.74) is 2.51. The first-order valence-electron chi connectivity index (χ1n) is 9.13. The third-order valence-electron chi connectivity index (χ3n) is 4.93. The molecule has 0 spiro atoms. The van der Waals surface area contributed by atoms with E-state index in [1.165, 1.54) is 29.0 Å². The summed E-state index contributed by atoms with van der Waals surface area (Å²) in [5.74, 6) is -0.271. The second kappa shape index (κ2) is 7.44. The molecule has 1 atom stereocenters. The van der Waals surface area contributed by atoms with Crippen molar-refractivity contribution in [1.29, 1.82) is 0 Å². The van der Waals surface area contributed by atoms with Gasteiger partial charge in [-0.15, -0.1) is 0 Å². The highest BCUT2D eigenvalue weighted by atomic mass is 32.2. The van der Waals surface area contributed by atoms with Crippen LogP contribution < -0.4 is 0 Å². The van der Waals surface area contributed by atoms with Crippen molar-refractivity contribution in [3.05, 3.63) is 77.8 Å². The monoisotopic (exact) mass is 400 g/mol.